The fourth-order valence-corrected chi connectivity index (χ4v) is 2.42. The first kappa shape index (κ1) is 15.0. The lowest BCUT2D eigenvalue weighted by Gasteiger charge is -2.06. The molecule has 0 aliphatic heterocycles. The highest BCUT2D eigenvalue weighted by Crippen LogP contribution is 2.27. The van der Waals surface area contributed by atoms with Crippen LogP contribution in [0.1, 0.15) is 30.9 Å². The van der Waals surface area contributed by atoms with Crippen molar-refractivity contribution in [3.8, 4) is 11.9 Å². The Labute approximate surface area is 134 Å². The molecule has 0 bridgehead atoms. The highest BCUT2D eigenvalue weighted by atomic mass is 16.5. The second-order valence-electron chi connectivity index (χ2n) is 5.26. The second kappa shape index (κ2) is 6.88. The zero-order valence-corrected chi connectivity index (χ0v) is 12.9. The van der Waals surface area contributed by atoms with Crippen LogP contribution in [0, 0.1) is 11.3 Å². The normalized spacial score (nSPS) is 10.6. The Morgan fingerprint density at radius 2 is 2.04 bits per heavy atom. The molecule has 0 fully saturated rings. The van der Waals surface area contributed by atoms with Gasteiger partial charge in [-0.1, -0.05) is 48.8 Å². The standard InChI is InChI=1S/C17H17N5O/c1-2-3-9-23-17-15-14(10-18)12-22(16(15)19-21-20-17)11-13-7-5-4-6-8-13/h4-8,12H,2-3,9,11H2,1H3. The Morgan fingerprint density at radius 1 is 1.22 bits per heavy atom. The van der Waals surface area contributed by atoms with Gasteiger partial charge in [0.2, 0.25) is 5.88 Å². The Bertz CT molecular complexity index is 835. The number of ether oxygens (including phenoxy) is 1. The van der Waals surface area contributed by atoms with Crippen LogP contribution in [0.3, 0.4) is 0 Å². The van der Waals surface area contributed by atoms with E-state index in [-0.39, 0.29) is 0 Å². The van der Waals surface area contributed by atoms with Gasteiger partial charge in [0.15, 0.2) is 5.65 Å². The van der Waals surface area contributed by atoms with Crippen molar-refractivity contribution >= 4 is 11.0 Å². The van der Waals surface area contributed by atoms with E-state index in [9.17, 15) is 5.26 Å². The van der Waals surface area contributed by atoms with Gasteiger partial charge in [-0.2, -0.15) is 5.26 Å². The summed E-state index contributed by atoms with van der Waals surface area (Å²) in [5.41, 5.74) is 2.25. The molecule has 0 N–H and O–H groups in total. The Morgan fingerprint density at radius 3 is 2.78 bits per heavy atom. The van der Waals surface area contributed by atoms with Gasteiger partial charge >= 0.3 is 0 Å². The summed E-state index contributed by atoms with van der Waals surface area (Å²) in [6.07, 6.45) is 3.74. The molecule has 0 aliphatic carbocycles. The molecule has 1 aromatic carbocycles. The van der Waals surface area contributed by atoms with Gasteiger partial charge in [0.25, 0.3) is 0 Å². The minimum Gasteiger partial charge on any atom is -0.476 e. The molecule has 0 unspecified atom stereocenters. The molecule has 0 saturated heterocycles. The summed E-state index contributed by atoms with van der Waals surface area (Å²) in [5.74, 6) is 0.381. The zero-order chi connectivity index (χ0) is 16.1. The quantitative estimate of drug-likeness (QED) is 0.654. The van der Waals surface area contributed by atoms with Crippen LogP contribution in [-0.2, 0) is 6.54 Å². The number of hydrogen-bond donors (Lipinski definition) is 0. The van der Waals surface area contributed by atoms with Crippen LogP contribution in [-0.4, -0.2) is 26.6 Å². The third kappa shape index (κ3) is 3.14. The van der Waals surface area contributed by atoms with E-state index >= 15 is 0 Å². The number of hydrogen-bond acceptors (Lipinski definition) is 5. The van der Waals surface area contributed by atoms with E-state index < -0.39 is 0 Å². The van der Waals surface area contributed by atoms with Crippen molar-refractivity contribution in [3.05, 3.63) is 47.7 Å². The third-order valence-electron chi connectivity index (χ3n) is 3.59. The van der Waals surface area contributed by atoms with Crippen LogP contribution in [0.2, 0.25) is 0 Å². The zero-order valence-electron chi connectivity index (χ0n) is 12.9. The average Bonchev–Trinajstić information content (AvgIpc) is 2.95. The van der Waals surface area contributed by atoms with E-state index in [2.05, 4.69) is 28.4 Å². The summed E-state index contributed by atoms with van der Waals surface area (Å²) in [5, 5.41) is 21.9. The first-order valence-electron chi connectivity index (χ1n) is 7.62. The number of unbranched alkanes of at least 4 members (excludes halogenated alkanes) is 1. The van der Waals surface area contributed by atoms with E-state index in [0.29, 0.717) is 35.6 Å². The molecule has 0 aliphatic rings. The van der Waals surface area contributed by atoms with E-state index in [1.54, 1.807) is 6.20 Å². The van der Waals surface area contributed by atoms with E-state index in [4.69, 9.17) is 4.74 Å². The molecule has 116 valence electrons. The largest absolute Gasteiger partial charge is 0.476 e. The number of fused-ring (bicyclic) bond motifs is 1. The lowest BCUT2D eigenvalue weighted by atomic mass is 10.2. The molecule has 0 spiro atoms. The second-order valence-corrected chi connectivity index (χ2v) is 5.26. The molecule has 0 atom stereocenters. The van der Waals surface area contributed by atoms with Gasteiger partial charge < -0.3 is 9.30 Å². The predicted molar refractivity (Wildman–Crippen MR) is 86.0 cm³/mol. The van der Waals surface area contributed by atoms with Gasteiger partial charge in [0.1, 0.15) is 11.5 Å². The third-order valence-corrected chi connectivity index (χ3v) is 3.59. The SMILES string of the molecule is CCCCOc1nnnc2c1c(C#N)cn2Cc1ccccc1. The average molecular weight is 307 g/mol. The number of nitrogens with zero attached hydrogens (tertiary/aromatic N) is 5. The summed E-state index contributed by atoms with van der Waals surface area (Å²) in [6.45, 7) is 3.26. The molecule has 0 radical (unpaired) electrons. The molecule has 0 saturated carbocycles. The van der Waals surface area contributed by atoms with Gasteiger partial charge in [-0.25, -0.2) is 0 Å². The highest BCUT2D eigenvalue weighted by Gasteiger charge is 2.17. The fourth-order valence-electron chi connectivity index (χ4n) is 2.42. The van der Waals surface area contributed by atoms with Crippen molar-refractivity contribution in [3.63, 3.8) is 0 Å². The first-order valence-corrected chi connectivity index (χ1v) is 7.62. The molecule has 6 heteroatoms. The maximum atomic E-state index is 9.42. The minimum absolute atomic E-state index is 0.381. The number of rotatable bonds is 6. The topological polar surface area (TPSA) is 76.6 Å². The van der Waals surface area contributed by atoms with Crippen molar-refractivity contribution in [2.45, 2.75) is 26.3 Å². The van der Waals surface area contributed by atoms with Gasteiger partial charge in [-0.3, -0.25) is 0 Å². The van der Waals surface area contributed by atoms with Crippen molar-refractivity contribution in [2.24, 2.45) is 0 Å². The van der Waals surface area contributed by atoms with Crippen molar-refractivity contribution in [1.82, 2.24) is 20.0 Å². The molecular formula is C17H17N5O. The van der Waals surface area contributed by atoms with Crippen LogP contribution in [0.15, 0.2) is 36.5 Å². The molecular weight excluding hydrogens is 290 g/mol. The van der Waals surface area contributed by atoms with Crippen molar-refractivity contribution < 1.29 is 4.74 Å². The number of benzene rings is 1. The van der Waals surface area contributed by atoms with Gasteiger partial charge in [-0.15, -0.1) is 5.10 Å². The van der Waals surface area contributed by atoms with Gasteiger partial charge in [0, 0.05) is 12.7 Å². The first-order chi connectivity index (χ1) is 11.3. The van der Waals surface area contributed by atoms with Crippen LogP contribution in [0.4, 0.5) is 0 Å². The van der Waals surface area contributed by atoms with E-state index in [1.807, 2.05) is 34.9 Å². The Kier molecular flexibility index (Phi) is 4.48. The minimum atomic E-state index is 0.381. The van der Waals surface area contributed by atoms with Gasteiger partial charge in [-0.05, 0) is 17.2 Å². The van der Waals surface area contributed by atoms with Crippen LogP contribution >= 0.6 is 0 Å². The molecule has 23 heavy (non-hydrogen) atoms. The summed E-state index contributed by atoms with van der Waals surface area (Å²) in [4.78, 5) is 0. The smallest absolute Gasteiger partial charge is 0.247 e. The van der Waals surface area contributed by atoms with Crippen LogP contribution < -0.4 is 4.74 Å². The molecule has 6 nitrogen and oxygen atoms in total. The maximum absolute atomic E-state index is 9.42. The van der Waals surface area contributed by atoms with Crippen LogP contribution in [0.5, 0.6) is 5.88 Å². The van der Waals surface area contributed by atoms with E-state index in [1.165, 1.54) is 0 Å². The lowest BCUT2D eigenvalue weighted by molar-refractivity contribution is 0.297. The molecule has 0 amide bonds. The lowest BCUT2D eigenvalue weighted by Crippen LogP contribution is -2.04. The summed E-state index contributed by atoms with van der Waals surface area (Å²) < 4.78 is 7.59. The van der Waals surface area contributed by atoms with Crippen LogP contribution in [0.25, 0.3) is 11.0 Å². The van der Waals surface area contributed by atoms with Crippen molar-refractivity contribution in [1.29, 1.82) is 5.26 Å². The summed E-state index contributed by atoms with van der Waals surface area (Å²) >= 11 is 0. The van der Waals surface area contributed by atoms with Gasteiger partial charge in [0.05, 0.1) is 12.2 Å². The molecule has 3 aromatic rings. The molecule has 2 heterocycles. The number of nitriles is 1. The predicted octanol–water partition coefficient (Wildman–Crippen LogP) is 2.93. The molecule has 3 rings (SSSR count). The van der Waals surface area contributed by atoms with Crippen molar-refractivity contribution in [2.75, 3.05) is 6.61 Å². The maximum Gasteiger partial charge on any atom is 0.247 e. The Balaban J connectivity index is 2.00. The fraction of sp³-hybridized carbons (Fsp3) is 0.294. The number of aromatic nitrogens is 4. The monoisotopic (exact) mass is 307 g/mol. The Hall–Kier alpha value is -2.94. The summed E-state index contributed by atoms with van der Waals surface area (Å²) in [6, 6.07) is 12.2. The molecule has 2 aromatic heterocycles. The summed E-state index contributed by atoms with van der Waals surface area (Å²) in [7, 11) is 0. The highest BCUT2D eigenvalue weighted by molar-refractivity contribution is 5.87. The van der Waals surface area contributed by atoms with E-state index in [0.717, 1.165) is 18.4 Å².